The molecule has 1 atom stereocenters. The second kappa shape index (κ2) is 2.58. The maximum absolute atomic E-state index is 5.42. The summed E-state index contributed by atoms with van der Waals surface area (Å²) >= 11 is 2.03. The van der Waals surface area contributed by atoms with E-state index >= 15 is 0 Å². The van der Waals surface area contributed by atoms with Gasteiger partial charge >= 0.3 is 0 Å². The van der Waals surface area contributed by atoms with Gasteiger partial charge in [0, 0.05) is 0 Å². The van der Waals surface area contributed by atoms with E-state index in [9.17, 15) is 0 Å². The highest BCUT2D eigenvalue weighted by molar-refractivity contribution is 7.99. The summed E-state index contributed by atoms with van der Waals surface area (Å²) in [6, 6.07) is 0. The van der Waals surface area contributed by atoms with Crippen LogP contribution in [0, 0.1) is 5.92 Å². The van der Waals surface area contributed by atoms with Crippen LogP contribution >= 0.6 is 11.8 Å². The van der Waals surface area contributed by atoms with Crippen LogP contribution in [-0.2, 0) is 0 Å². The van der Waals surface area contributed by atoms with E-state index in [0.29, 0.717) is 0 Å². The van der Waals surface area contributed by atoms with Crippen LogP contribution in [-0.4, -0.2) is 18.1 Å². The van der Waals surface area contributed by atoms with Crippen molar-refractivity contribution in [3.05, 3.63) is 0 Å². The normalized spacial score (nSPS) is 31.3. The smallest absolute Gasteiger partial charge is 0.00268 e. The van der Waals surface area contributed by atoms with Crippen molar-refractivity contribution in [1.82, 2.24) is 0 Å². The molecule has 1 aliphatic rings. The highest BCUT2D eigenvalue weighted by Gasteiger charge is 2.11. The van der Waals surface area contributed by atoms with E-state index in [4.69, 9.17) is 5.73 Å². The molecule has 1 fully saturated rings. The Bertz CT molecular complexity index is 50.0. The molecular weight excluding hydrogens is 106 g/mol. The van der Waals surface area contributed by atoms with Gasteiger partial charge in [0.15, 0.2) is 0 Å². The van der Waals surface area contributed by atoms with Crippen LogP contribution in [0.3, 0.4) is 0 Å². The van der Waals surface area contributed by atoms with Crippen molar-refractivity contribution >= 4 is 11.8 Å². The molecule has 0 amide bonds. The molecule has 1 aliphatic heterocycles. The second-order valence-electron chi connectivity index (χ2n) is 1.97. The minimum atomic E-state index is 0.838. The van der Waals surface area contributed by atoms with Gasteiger partial charge in [0.05, 0.1) is 0 Å². The van der Waals surface area contributed by atoms with Crippen molar-refractivity contribution in [3.8, 4) is 0 Å². The predicted molar refractivity (Wildman–Crippen MR) is 34.5 cm³/mol. The van der Waals surface area contributed by atoms with E-state index in [1.54, 1.807) is 0 Å². The van der Waals surface area contributed by atoms with Gasteiger partial charge in [0.25, 0.3) is 0 Å². The molecule has 7 heavy (non-hydrogen) atoms. The van der Waals surface area contributed by atoms with Gasteiger partial charge in [-0.2, -0.15) is 11.8 Å². The Hall–Kier alpha value is 0.310. The molecule has 2 N–H and O–H groups in total. The number of nitrogens with two attached hydrogens (primary N) is 1. The van der Waals surface area contributed by atoms with Gasteiger partial charge in [-0.05, 0) is 30.4 Å². The number of hydrogen-bond acceptors (Lipinski definition) is 2. The first kappa shape index (κ1) is 5.45. The van der Waals surface area contributed by atoms with Crippen molar-refractivity contribution in [1.29, 1.82) is 0 Å². The average molecular weight is 117 g/mol. The number of rotatable bonds is 1. The largest absolute Gasteiger partial charge is 0.330 e. The third kappa shape index (κ3) is 1.35. The summed E-state index contributed by atoms with van der Waals surface area (Å²) in [5.41, 5.74) is 5.42. The second-order valence-corrected chi connectivity index (χ2v) is 3.12. The summed E-state index contributed by atoms with van der Waals surface area (Å²) in [6.07, 6.45) is 1.35. The zero-order chi connectivity index (χ0) is 5.11. The minimum absolute atomic E-state index is 0.838. The molecule has 0 saturated carbocycles. The zero-order valence-electron chi connectivity index (χ0n) is 4.39. The van der Waals surface area contributed by atoms with Crippen LogP contribution in [0.4, 0.5) is 0 Å². The lowest BCUT2D eigenvalue weighted by atomic mass is 10.1. The quantitative estimate of drug-likeness (QED) is 0.547. The molecule has 0 aromatic heterocycles. The molecule has 2 heteroatoms. The van der Waals surface area contributed by atoms with Gasteiger partial charge < -0.3 is 5.73 Å². The fourth-order valence-electron chi connectivity index (χ4n) is 0.769. The summed E-state index contributed by atoms with van der Waals surface area (Å²) in [5, 5.41) is 0. The van der Waals surface area contributed by atoms with E-state index in [0.717, 1.165) is 12.5 Å². The Labute approximate surface area is 48.7 Å². The van der Waals surface area contributed by atoms with Gasteiger partial charge in [-0.25, -0.2) is 0 Å². The lowest BCUT2D eigenvalue weighted by Gasteiger charge is -1.98. The maximum atomic E-state index is 5.42. The van der Waals surface area contributed by atoms with E-state index < -0.39 is 0 Å². The summed E-state index contributed by atoms with van der Waals surface area (Å²) in [6.45, 7) is 0.896. The topological polar surface area (TPSA) is 26.0 Å². The minimum Gasteiger partial charge on any atom is -0.330 e. The molecule has 0 radical (unpaired) electrons. The highest BCUT2D eigenvalue weighted by atomic mass is 32.2. The molecule has 0 bridgehead atoms. The Kier molecular flexibility index (Phi) is 2.00. The highest BCUT2D eigenvalue weighted by Crippen LogP contribution is 2.21. The van der Waals surface area contributed by atoms with E-state index in [-0.39, 0.29) is 0 Å². The molecule has 0 unspecified atom stereocenters. The lowest BCUT2D eigenvalue weighted by Crippen LogP contribution is -2.12. The summed E-state index contributed by atoms with van der Waals surface area (Å²) in [7, 11) is 0. The fraction of sp³-hybridized carbons (Fsp3) is 1.00. The maximum Gasteiger partial charge on any atom is -0.00268 e. The van der Waals surface area contributed by atoms with Crippen LogP contribution in [0.2, 0.25) is 0 Å². The molecule has 42 valence electrons. The first-order chi connectivity index (χ1) is 3.43. The van der Waals surface area contributed by atoms with Crippen molar-refractivity contribution in [2.45, 2.75) is 6.42 Å². The molecule has 0 aliphatic carbocycles. The van der Waals surface area contributed by atoms with E-state index in [1.807, 2.05) is 11.8 Å². The molecule has 0 aromatic carbocycles. The van der Waals surface area contributed by atoms with Crippen molar-refractivity contribution in [3.63, 3.8) is 0 Å². The Morgan fingerprint density at radius 1 is 1.71 bits per heavy atom. The average Bonchev–Trinajstić information content (AvgIpc) is 2.14. The first-order valence-electron chi connectivity index (χ1n) is 2.71. The monoisotopic (exact) mass is 117 g/mol. The van der Waals surface area contributed by atoms with Gasteiger partial charge in [0.2, 0.25) is 0 Å². The first-order valence-corrected chi connectivity index (χ1v) is 3.87. The summed E-state index contributed by atoms with van der Waals surface area (Å²) < 4.78 is 0. The van der Waals surface area contributed by atoms with Crippen molar-refractivity contribution < 1.29 is 0 Å². The van der Waals surface area contributed by atoms with Crippen LogP contribution in [0.5, 0.6) is 0 Å². The zero-order valence-corrected chi connectivity index (χ0v) is 5.21. The van der Waals surface area contributed by atoms with E-state index in [2.05, 4.69) is 0 Å². The molecular formula is C5H11NS. The van der Waals surface area contributed by atoms with Gasteiger partial charge in [0.1, 0.15) is 0 Å². The predicted octanol–water partition coefficient (Wildman–Crippen LogP) is 0.698. The van der Waals surface area contributed by atoms with Gasteiger partial charge in [-0.15, -0.1) is 0 Å². The molecule has 1 saturated heterocycles. The van der Waals surface area contributed by atoms with Crippen LogP contribution in [0.15, 0.2) is 0 Å². The van der Waals surface area contributed by atoms with E-state index in [1.165, 1.54) is 17.9 Å². The van der Waals surface area contributed by atoms with Crippen molar-refractivity contribution in [2.75, 3.05) is 18.1 Å². The Morgan fingerprint density at radius 2 is 2.57 bits per heavy atom. The summed E-state index contributed by atoms with van der Waals surface area (Å²) in [5.74, 6) is 3.48. The Balaban J connectivity index is 2.14. The molecule has 1 heterocycles. The third-order valence-corrected chi connectivity index (χ3v) is 2.59. The summed E-state index contributed by atoms with van der Waals surface area (Å²) in [4.78, 5) is 0. The molecule has 0 aromatic rings. The van der Waals surface area contributed by atoms with Crippen LogP contribution < -0.4 is 5.73 Å². The standard InChI is InChI=1S/C5H11NS/c6-3-5-1-2-7-4-5/h5H,1-4,6H2/t5-/m0/s1. The van der Waals surface area contributed by atoms with Crippen LogP contribution in [0.1, 0.15) is 6.42 Å². The van der Waals surface area contributed by atoms with Gasteiger partial charge in [-0.1, -0.05) is 0 Å². The van der Waals surface area contributed by atoms with Crippen molar-refractivity contribution in [2.24, 2.45) is 11.7 Å². The molecule has 1 rings (SSSR count). The fourth-order valence-corrected chi connectivity index (χ4v) is 2.07. The van der Waals surface area contributed by atoms with Crippen LogP contribution in [0.25, 0.3) is 0 Å². The molecule has 0 spiro atoms. The SMILES string of the molecule is NC[C@@H]1CCSC1. The number of thioether (sulfide) groups is 1. The number of hydrogen-bond donors (Lipinski definition) is 1. The lowest BCUT2D eigenvalue weighted by molar-refractivity contribution is 0.612. The molecule has 1 nitrogen and oxygen atoms in total. The third-order valence-electron chi connectivity index (χ3n) is 1.36. The Morgan fingerprint density at radius 3 is 2.86 bits per heavy atom. The van der Waals surface area contributed by atoms with Gasteiger partial charge in [-0.3, -0.25) is 0 Å².